The largest absolute Gasteiger partial charge is 0.455 e. The lowest BCUT2D eigenvalue weighted by Crippen LogP contribution is -2.20. The normalized spacial score (nSPS) is 14.7. The Kier molecular flexibility index (Phi) is 15.5. The van der Waals surface area contributed by atoms with E-state index in [9.17, 15) is 0 Å². The maximum atomic E-state index is 6.50. The third-order valence-electron chi connectivity index (χ3n) is 7.37. The molecule has 1 heterocycles. The Hall–Kier alpha value is -4.47. The lowest BCUT2D eigenvalue weighted by Gasteiger charge is -2.28. The van der Waals surface area contributed by atoms with Gasteiger partial charge in [-0.1, -0.05) is 129 Å². The summed E-state index contributed by atoms with van der Waals surface area (Å²) in [7, 11) is 0. The van der Waals surface area contributed by atoms with Crippen LogP contribution in [0, 0.1) is 0 Å². The SMILES string of the molecule is C=CC/C=C\C=C(/CC)N(/C(C)=C/C/C=C(\C=C)C/C=C\C=C/C)c1ccc(-c2cccc3c2OC(/C=C\C=C/C)=C(C)S3)cc1. The van der Waals surface area contributed by atoms with Crippen molar-refractivity contribution in [2.45, 2.75) is 65.2 Å². The Bertz CT molecular complexity index is 1600. The predicted molar refractivity (Wildman–Crippen MR) is 205 cm³/mol. The zero-order chi connectivity index (χ0) is 33.1. The molecule has 1 aliphatic rings. The van der Waals surface area contributed by atoms with E-state index in [1.165, 1.54) is 17.0 Å². The van der Waals surface area contributed by atoms with Crippen molar-refractivity contribution in [1.82, 2.24) is 0 Å². The summed E-state index contributed by atoms with van der Waals surface area (Å²) in [6.07, 6.45) is 34.7. The molecule has 2 aromatic rings. The minimum absolute atomic E-state index is 0.825. The number of anilines is 1. The fourth-order valence-corrected chi connectivity index (χ4v) is 5.87. The van der Waals surface area contributed by atoms with Gasteiger partial charge < -0.3 is 9.64 Å². The van der Waals surface area contributed by atoms with Crippen molar-refractivity contribution in [2.24, 2.45) is 0 Å². The van der Waals surface area contributed by atoms with Crippen molar-refractivity contribution in [3.05, 3.63) is 174 Å². The maximum absolute atomic E-state index is 6.50. The number of thioether (sulfide) groups is 1. The summed E-state index contributed by atoms with van der Waals surface area (Å²) < 4.78 is 6.50. The first-order valence-electron chi connectivity index (χ1n) is 16.1. The highest BCUT2D eigenvalue weighted by atomic mass is 32.2. The standard InChI is InChI=1S/C43H49NOS/c1-8-13-16-19-24-36(11-4)25-21-23-34(6)44(38(12-5)26-20-17-14-9-2)39-32-30-37(31-33-39)40-27-22-29-42-43(40)45-41(35(7)46-42)28-18-15-10-3/h8-11,13,15-20,22-23,25-33H,2,4,12,14,21,24H2,1,3,5-7H3/b13-8-,15-10-,19-16-,20-17-,28-18-,34-23+,36-25+,38-26+. The van der Waals surface area contributed by atoms with Crippen LogP contribution < -0.4 is 9.64 Å². The molecule has 0 bridgehead atoms. The van der Waals surface area contributed by atoms with Crippen LogP contribution in [-0.2, 0) is 0 Å². The molecule has 0 fully saturated rings. The first-order chi connectivity index (χ1) is 22.5. The molecule has 0 aromatic heterocycles. The van der Waals surface area contributed by atoms with E-state index in [1.807, 2.05) is 62.5 Å². The van der Waals surface area contributed by atoms with E-state index in [0.29, 0.717) is 0 Å². The second kappa shape index (κ2) is 19.8. The molecule has 0 saturated carbocycles. The summed E-state index contributed by atoms with van der Waals surface area (Å²) in [5, 5.41) is 0. The fraction of sp³-hybridized carbons (Fsp3) is 0.209. The van der Waals surface area contributed by atoms with Gasteiger partial charge in [0.05, 0.1) is 4.90 Å². The number of para-hydroxylation sites is 1. The van der Waals surface area contributed by atoms with Gasteiger partial charge in [-0.25, -0.2) is 0 Å². The second-order valence-corrected chi connectivity index (χ2v) is 12.0. The smallest absolute Gasteiger partial charge is 0.149 e. The van der Waals surface area contributed by atoms with E-state index in [4.69, 9.17) is 4.74 Å². The summed E-state index contributed by atoms with van der Waals surface area (Å²) in [5.74, 6) is 1.79. The molecule has 0 atom stereocenters. The molecule has 3 rings (SSSR count). The number of ether oxygens (including phenoxy) is 1. The molecule has 0 spiro atoms. The first-order valence-corrected chi connectivity index (χ1v) is 16.9. The Balaban J connectivity index is 1.96. The van der Waals surface area contributed by atoms with Gasteiger partial charge in [0.2, 0.25) is 0 Å². The Morgan fingerprint density at radius 1 is 0.891 bits per heavy atom. The Morgan fingerprint density at radius 2 is 1.65 bits per heavy atom. The van der Waals surface area contributed by atoms with Crippen LogP contribution in [-0.4, -0.2) is 0 Å². The van der Waals surface area contributed by atoms with Crippen LogP contribution >= 0.6 is 11.8 Å². The number of hydrogen-bond acceptors (Lipinski definition) is 3. The molecule has 0 unspecified atom stereocenters. The topological polar surface area (TPSA) is 12.5 Å². The van der Waals surface area contributed by atoms with Crippen molar-refractivity contribution in [3.8, 4) is 16.9 Å². The maximum Gasteiger partial charge on any atom is 0.149 e. The third-order valence-corrected chi connectivity index (χ3v) is 8.42. The van der Waals surface area contributed by atoms with Gasteiger partial charge in [-0.2, -0.15) is 0 Å². The summed E-state index contributed by atoms with van der Waals surface area (Å²) >= 11 is 1.76. The van der Waals surface area contributed by atoms with E-state index < -0.39 is 0 Å². The molecule has 0 amide bonds. The van der Waals surface area contributed by atoms with Gasteiger partial charge >= 0.3 is 0 Å². The molecule has 3 heteroatoms. The van der Waals surface area contributed by atoms with Gasteiger partial charge in [0.15, 0.2) is 0 Å². The third kappa shape index (κ3) is 10.6. The highest BCUT2D eigenvalue weighted by Crippen LogP contribution is 2.46. The highest BCUT2D eigenvalue weighted by Gasteiger charge is 2.21. The quantitative estimate of drug-likeness (QED) is 0.136. The zero-order valence-corrected chi connectivity index (χ0v) is 29.0. The van der Waals surface area contributed by atoms with E-state index in [1.54, 1.807) is 11.8 Å². The van der Waals surface area contributed by atoms with Crippen molar-refractivity contribution < 1.29 is 4.74 Å². The minimum atomic E-state index is 0.825. The van der Waals surface area contributed by atoms with Gasteiger partial charge in [0.25, 0.3) is 0 Å². The lowest BCUT2D eigenvalue weighted by molar-refractivity contribution is 0.430. The van der Waals surface area contributed by atoms with Crippen LogP contribution in [0.5, 0.6) is 5.75 Å². The minimum Gasteiger partial charge on any atom is -0.455 e. The van der Waals surface area contributed by atoms with Crippen molar-refractivity contribution in [1.29, 1.82) is 0 Å². The second-order valence-electron chi connectivity index (χ2n) is 10.7. The lowest BCUT2D eigenvalue weighted by atomic mass is 10.0. The molecular weight excluding hydrogens is 579 g/mol. The summed E-state index contributed by atoms with van der Waals surface area (Å²) in [6.45, 7) is 18.4. The van der Waals surface area contributed by atoms with E-state index in [0.717, 1.165) is 63.8 Å². The predicted octanol–water partition coefficient (Wildman–Crippen LogP) is 13.4. The van der Waals surface area contributed by atoms with Crippen LogP contribution in [0.25, 0.3) is 11.1 Å². The van der Waals surface area contributed by atoms with Gasteiger partial charge in [0, 0.05) is 27.6 Å². The van der Waals surface area contributed by atoms with E-state index in [2.05, 4.69) is 124 Å². The molecule has 0 saturated heterocycles. The van der Waals surface area contributed by atoms with E-state index in [-0.39, 0.29) is 0 Å². The first kappa shape index (κ1) is 36.0. The summed E-state index contributed by atoms with van der Waals surface area (Å²) in [4.78, 5) is 4.65. The molecule has 2 aromatic carbocycles. The highest BCUT2D eigenvalue weighted by molar-refractivity contribution is 8.03. The molecule has 46 heavy (non-hydrogen) atoms. The average molecular weight is 628 g/mol. The van der Waals surface area contributed by atoms with Gasteiger partial charge in [-0.3, -0.25) is 0 Å². The zero-order valence-electron chi connectivity index (χ0n) is 28.2. The van der Waals surface area contributed by atoms with Crippen LogP contribution in [0.3, 0.4) is 0 Å². The average Bonchev–Trinajstić information content (AvgIpc) is 3.07. The molecule has 2 nitrogen and oxygen atoms in total. The number of rotatable bonds is 16. The van der Waals surface area contributed by atoms with Crippen LogP contribution in [0.2, 0.25) is 0 Å². The Labute approximate surface area is 282 Å². The molecule has 1 aliphatic heterocycles. The van der Waals surface area contributed by atoms with Crippen molar-refractivity contribution >= 4 is 17.4 Å². The number of allylic oxidation sites excluding steroid dienone is 19. The van der Waals surface area contributed by atoms with E-state index >= 15 is 0 Å². The number of nitrogens with zero attached hydrogens (tertiary/aromatic N) is 1. The Morgan fingerprint density at radius 3 is 2.35 bits per heavy atom. The number of hydrogen-bond donors (Lipinski definition) is 0. The molecular formula is C43H49NOS. The molecule has 0 N–H and O–H groups in total. The summed E-state index contributed by atoms with van der Waals surface area (Å²) in [5.41, 5.74) is 6.95. The summed E-state index contributed by atoms with van der Waals surface area (Å²) in [6, 6.07) is 15.2. The fourth-order valence-electron chi connectivity index (χ4n) is 4.94. The van der Waals surface area contributed by atoms with Gasteiger partial charge in [0.1, 0.15) is 11.5 Å². The van der Waals surface area contributed by atoms with Crippen LogP contribution in [0.4, 0.5) is 5.69 Å². The molecule has 238 valence electrons. The van der Waals surface area contributed by atoms with Crippen molar-refractivity contribution in [2.75, 3.05) is 4.90 Å². The number of fused-ring (bicyclic) bond motifs is 1. The van der Waals surface area contributed by atoms with Crippen molar-refractivity contribution in [3.63, 3.8) is 0 Å². The van der Waals surface area contributed by atoms with Crippen LogP contribution in [0.15, 0.2) is 179 Å². The number of benzene rings is 2. The van der Waals surface area contributed by atoms with Crippen LogP contribution in [0.1, 0.15) is 60.3 Å². The van der Waals surface area contributed by atoms with Gasteiger partial charge in [-0.15, -0.1) is 6.58 Å². The van der Waals surface area contributed by atoms with Gasteiger partial charge in [-0.05, 0) is 94.9 Å². The molecule has 0 radical (unpaired) electrons. The monoisotopic (exact) mass is 627 g/mol. The molecule has 0 aliphatic carbocycles.